The predicted octanol–water partition coefficient (Wildman–Crippen LogP) is 1.36. The lowest BCUT2D eigenvalue weighted by Crippen LogP contribution is -2.41. The van der Waals surface area contributed by atoms with Crippen LogP contribution in [-0.2, 0) is 16.0 Å². The van der Waals surface area contributed by atoms with Crippen LogP contribution in [0.3, 0.4) is 0 Å². The number of carbonyl (C=O) groups excluding carboxylic acids is 1. The van der Waals surface area contributed by atoms with Crippen LogP contribution >= 0.6 is 0 Å². The molecule has 0 bridgehead atoms. The van der Waals surface area contributed by atoms with Gasteiger partial charge in [-0.15, -0.1) is 0 Å². The molecule has 1 atom stereocenters. The van der Waals surface area contributed by atoms with Gasteiger partial charge < -0.3 is 14.9 Å². The largest absolute Gasteiger partial charge is 0.481 e. The number of nitrogens with zero attached hydrogens (tertiary/aromatic N) is 2. The molecule has 1 aromatic rings. The maximum Gasteiger partial charge on any atom is 0.308 e. The Balaban J connectivity index is 2.45. The second-order valence-corrected chi connectivity index (χ2v) is 5.08. The van der Waals surface area contributed by atoms with Crippen LogP contribution in [0, 0.1) is 5.92 Å². The van der Waals surface area contributed by atoms with Crippen molar-refractivity contribution in [2.24, 2.45) is 5.92 Å². The normalized spacial score (nSPS) is 17.8. The van der Waals surface area contributed by atoms with E-state index in [1.807, 2.05) is 37.2 Å². The number of fused-ring (bicyclic) bond motifs is 1. The van der Waals surface area contributed by atoms with E-state index in [4.69, 9.17) is 0 Å². The van der Waals surface area contributed by atoms with E-state index in [-0.39, 0.29) is 12.5 Å². The summed E-state index contributed by atoms with van der Waals surface area (Å²) in [6.07, 6.45) is 0.468. The molecule has 1 unspecified atom stereocenters. The highest BCUT2D eigenvalue weighted by molar-refractivity contribution is 5.94. The highest BCUT2D eigenvalue weighted by Gasteiger charge is 2.31. The Morgan fingerprint density at radius 3 is 2.58 bits per heavy atom. The lowest BCUT2D eigenvalue weighted by atomic mass is 9.92. The van der Waals surface area contributed by atoms with E-state index in [9.17, 15) is 14.7 Å². The zero-order valence-corrected chi connectivity index (χ0v) is 11.4. The summed E-state index contributed by atoms with van der Waals surface area (Å²) in [7, 11) is 3.87. The van der Waals surface area contributed by atoms with Crippen LogP contribution in [0.15, 0.2) is 18.2 Å². The summed E-state index contributed by atoms with van der Waals surface area (Å²) in [4.78, 5) is 26.4. The number of amides is 1. The summed E-state index contributed by atoms with van der Waals surface area (Å²) in [6, 6.07) is 5.79. The van der Waals surface area contributed by atoms with Crippen molar-refractivity contribution in [1.82, 2.24) is 0 Å². The molecule has 0 spiro atoms. The van der Waals surface area contributed by atoms with Gasteiger partial charge >= 0.3 is 5.97 Å². The molecule has 1 heterocycles. The lowest BCUT2D eigenvalue weighted by Gasteiger charge is -2.33. The molecule has 0 aromatic heterocycles. The maximum absolute atomic E-state index is 11.7. The Morgan fingerprint density at radius 1 is 1.37 bits per heavy atom. The smallest absolute Gasteiger partial charge is 0.308 e. The molecule has 1 N–H and O–H groups in total. The minimum atomic E-state index is -0.854. The summed E-state index contributed by atoms with van der Waals surface area (Å²) in [5, 5.41) is 9.19. The fraction of sp³-hybridized carbons (Fsp3) is 0.429. The third kappa shape index (κ3) is 2.54. The molecule has 1 aliphatic heterocycles. The lowest BCUT2D eigenvalue weighted by molar-refractivity contribution is -0.141. The molecule has 1 amide bonds. The Labute approximate surface area is 112 Å². The molecular weight excluding hydrogens is 244 g/mol. The van der Waals surface area contributed by atoms with Crippen molar-refractivity contribution >= 4 is 23.3 Å². The van der Waals surface area contributed by atoms with Gasteiger partial charge in [0.15, 0.2) is 0 Å². The minimum absolute atomic E-state index is 0.121. The average molecular weight is 262 g/mol. The number of anilines is 2. The summed E-state index contributed by atoms with van der Waals surface area (Å²) >= 11 is 0. The number of rotatable bonds is 2. The monoisotopic (exact) mass is 262 g/mol. The van der Waals surface area contributed by atoms with Crippen LogP contribution in [0.2, 0.25) is 0 Å². The summed E-state index contributed by atoms with van der Waals surface area (Å²) < 4.78 is 0. The number of hydrogen-bond acceptors (Lipinski definition) is 3. The van der Waals surface area contributed by atoms with Gasteiger partial charge in [-0.2, -0.15) is 0 Å². The first-order valence-electron chi connectivity index (χ1n) is 6.21. The van der Waals surface area contributed by atoms with Crippen molar-refractivity contribution in [2.45, 2.75) is 13.3 Å². The molecule has 0 saturated heterocycles. The topological polar surface area (TPSA) is 60.9 Å². The van der Waals surface area contributed by atoms with Crippen molar-refractivity contribution < 1.29 is 14.7 Å². The van der Waals surface area contributed by atoms with E-state index in [2.05, 4.69) is 0 Å². The van der Waals surface area contributed by atoms with Crippen LogP contribution in [0.5, 0.6) is 0 Å². The van der Waals surface area contributed by atoms with Crippen molar-refractivity contribution in [1.29, 1.82) is 0 Å². The SMILES string of the molecule is CC(=O)N1CC(C(=O)O)Cc2cc(N(C)C)ccc21. The summed E-state index contributed by atoms with van der Waals surface area (Å²) in [5.41, 5.74) is 2.75. The average Bonchev–Trinajstić information content (AvgIpc) is 2.36. The summed E-state index contributed by atoms with van der Waals surface area (Å²) in [6.45, 7) is 1.72. The number of carbonyl (C=O) groups is 2. The van der Waals surface area contributed by atoms with Crippen LogP contribution in [0.1, 0.15) is 12.5 Å². The molecule has 19 heavy (non-hydrogen) atoms. The van der Waals surface area contributed by atoms with Gasteiger partial charge in [-0.3, -0.25) is 9.59 Å². The molecule has 1 aromatic carbocycles. The van der Waals surface area contributed by atoms with Crippen LogP contribution in [-0.4, -0.2) is 37.6 Å². The van der Waals surface area contributed by atoms with Crippen LogP contribution < -0.4 is 9.80 Å². The Hall–Kier alpha value is -2.04. The van der Waals surface area contributed by atoms with Gasteiger partial charge in [-0.05, 0) is 30.2 Å². The van der Waals surface area contributed by atoms with E-state index >= 15 is 0 Å². The predicted molar refractivity (Wildman–Crippen MR) is 73.6 cm³/mol. The zero-order chi connectivity index (χ0) is 14.2. The van der Waals surface area contributed by atoms with Gasteiger partial charge in [0.25, 0.3) is 0 Å². The number of carboxylic acids is 1. The van der Waals surface area contributed by atoms with Crippen molar-refractivity contribution in [3.05, 3.63) is 23.8 Å². The fourth-order valence-corrected chi connectivity index (χ4v) is 2.39. The number of benzene rings is 1. The van der Waals surface area contributed by atoms with Gasteiger partial charge in [0.1, 0.15) is 0 Å². The second-order valence-electron chi connectivity index (χ2n) is 5.08. The zero-order valence-electron chi connectivity index (χ0n) is 11.4. The number of aliphatic carboxylic acids is 1. The molecule has 1 aliphatic rings. The third-order valence-electron chi connectivity index (χ3n) is 3.47. The molecule has 5 nitrogen and oxygen atoms in total. The second kappa shape index (κ2) is 4.91. The van der Waals surface area contributed by atoms with Gasteiger partial charge in [0, 0.05) is 38.9 Å². The number of hydrogen-bond donors (Lipinski definition) is 1. The van der Waals surface area contributed by atoms with Crippen molar-refractivity contribution in [3.8, 4) is 0 Å². The molecule has 0 radical (unpaired) electrons. The van der Waals surface area contributed by atoms with E-state index in [1.54, 1.807) is 4.90 Å². The van der Waals surface area contributed by atoms with Crippen LogP contribution in [0.25, 0.3) is 0 Å². The van der Waals surface area contributed by atoms with Crippen molar-refractivity contribution in [2.75, 3.05) is 30.4 Å². The first-order valence-corrected chi connectivity index (χ1v) is 6.21. The van der Waals surface area contributed by atoms with Gasteiger partial charge in [0.05, 0.1) is 5.92 Å². The molecule has 0 fully saturated rings. The molecule has 102 valence electrons. The summed E-state index contributed by atoms with van der Waals surface area (Å²) in [5.74, 6) is -1.51. The van der Waals surface area contributed by atoms with Crippen LogP contribution in [0.4, 0.5) is 11.4 Å². The van der Waals surface area contributed by atoms with E-state index in [0.29, 0.717) is 6.42 Å². The highest BCUT2D eigenvalue weighted by Crippen LogP contribution is 2.32. The Morgan fingerprint density at radius 2 is 2.05 bits per heavy atom. The van der Waals surface area contributed by atoms with Gasteiger partial charge in [-0.1, -0.05) is 0 Å². The Bertz CT molecular complexity index is 525. The molecule has 0 aliphatic carbocycles. The first-order chi connectivity index (χ1) is 8.90. The quantitative estimate of drug-likeness (QED) is 0.874. The van der Waals surface area contributed by atoms with Crippen molar-refractivity contribution in [3.63, 3.8) is 0 Å². The van der Waals surface area contributed by atoms with Gasteiger partial charge in [-0.25, -0.2) is 0 Å². The maximum atomic E-state index is 11.7. The molecule has 2 rings (SSSR count). The Kier molecular flexibility index (Phi) is 3.46. The highest BCUT2D eigenvalue weighted by atomic mass is 16.4. The standard InChI is InChI=1S/C14H18N2O3/c1-9(17)16-8-11(14(18)19)6-10-7-12(15(2)3)4-5-13(10)16/h4-5,7,11H,6,8H2,1-3H3,(H,18,19). The molecule has 5 heteroatoms. The van der Waals surface area contributed by atoms with Gasteiger partial charge in [0.2, 0.25) is 5.91 Å². The molecular formula is C14H18N2O3. The van der Waals surface area contributed by atoms with E-state index in [1.165, 1.54) is 6.92 Å². The third-order valence-corrected chi connectivity index (χ3v) is 3.47. The number of carboxylic acid groups (broad SMARTS) is 1. The van der Waals surface area contributed by atoms with E-state index < -0.39 is 11.9 Å². The fourth-order valence-electron chi connectivity index (χ4n) is 2.39. The van der Waals surface area contributed by atoms with E-state index in [0.717, 1.165) is 16.9 Å². The minimum Gasteiger partial charge on any atom is -0.481 e. The molecule has 0 saturated carbocycles. The first kappa shape index (κ1) is 13.4.